The number of ether oxygens (including phenoxy) is 1. The number of urea groups is 1. The third kappa shape index (κ3) is 4.75. The van der Waals surface area contributed by atoms with E-state index in [0.717, 1.165) is 24.0 Å². The number of likely N-dealkylation sites (tertiary alicyclic amines) is 1. The monoisotopic (exact) mass is 371 g/mol. The fraction of sp³-hybridized carbons (Fsp3) is 0.300. The summed E-state index contributed by atoms with van der Waals surface area (Å²) in [5, 5.41) is 5.48. The van der Waals surface area contributed by atoms with Crippen LogP contribution in [0, 0.1) is 5.82 Å². The molecule has 2 aromatic carbocycles. The van der Waals surface area contributed by atoms with Crippen molar-refractivity contribution < 1.29 is 18.7 Å². The van der Waals surface area contributed by atoms with Gasteiger partial charge in [0.15, 0.2) is 0 Å². The van der Waals surface area contributed by atoms with E-state index in [1.54, 1.807) is 23.1 Å². The van der Waals surface area contributed by atoms with Crippen LogP contribution in [0.1, 0.15) is 30.0 Å². The van der Waals surface area contributed by atoms with Crippen molar-refractivity contribution in [3.63, 3.8) is 0 Å². The number of methoxy groups -OCH3 is 1. The summed E-state index contributed by atoms with van der Waals surface area (Å²) in [6.07, 6.45) is 1.18. The predicted molar refractivity (Wildman–Crippen MR) is 99.8 cm³/mol. The van der Waals surface area contributed by atoms with Crippen LogP contribution < -0.4 is 10.6 Å². The number of carbonyl (C=O) groups is 2. The summed E-state index contributed by atoms with van der Waals surface area (Å²) >= 11 is 0. The van der Waals surface area contributed by atoms with E-state index in [1.165, 1.54) is 19.2 Å². The van der Waals surface area contributed by atoms with Crippen LogP contribution in [-0.2, 0) is 11.3 Å². The Labute approximate surface area is 157 Å². The summed E-state index contributed by atoms with van der Waals surface area (Å²) in [4.78, 5) is 25.5. The lowest BCUT2D eigenvalue weighted by Gasteiger charge is -2.25. The van der Waals surface area contributed by atoms with Gasteiger partial charge in [0.2, 0.25) is 0 Å². The second-order valence-corrected chi connectivity index (χ2v) is 6.38. The standard InChI is InChI=1S/C20H22FN3O3/c1-27-20(26)23-17-9-7-14(8-10-17)13-22-19(25)24-11-3-6-18(24)15-4-2-5-16(21)12-15/h2,4-5,7-10,12,18H,3,6,11,13H2,1H3,(H,22,25)(H,23,26). The van der Waals surface area contributed by atoms with E-state index in [2.05, 4.69) is 15.4 Å². The highest BCUT2D eigenvalue weighted by Crippen LogP contribution is 2.32. The van der Waals surface area contributed by atoms with Gasteiger partial charge in [-0.3, -0.25) is 5.32 Å². The zero-order valence-corrected chi connectivity index (χ0v) is 15.1. The summed E-state index contributed by atoms with van der Waals surface area (Å²) in [6, 6.07) is 13.3. The van der Waals surface area contributed by atoms with Crippen LogP contribution in [0.3, 0.4) is 0 Å². The molecular formula is C20H22FN3O3. The van der Waals surface area contributed by atoms with E-state index in [0.29, 0.717) is 18.8 Å². The van der Waals surface area contributed by atoms with Gasteiger partial charge in [-0.2, -0.15) is 0 Å². The number of anilines is 1. The van der Waals surface area contributed by atoms with E-state index >= 15 is 0 Å². The third-order valence-corrected chi connectivity index (χ3v) is 4.58. The van der Waals surface area contributed by atoms with Crippen LogP contribution in [0.5, 0.6) is 0 Å². The molecule has 1 fully saturated rings. The topological polar surface area (TPSA) is 70.7 Å². The maximum absolute atomic E-state index is 13.5. The lowest BCUT2D eigenvalue weighted by molar-refractivity contribution is 0.187. The first-order chi connectivity index (χ1) is 13.1. The van der Waals surface area contributed by atoms with Gasteiger partial charge in [-0.15, -0.1) is 0 Å². The van der Waals surface area contributed by atoms with Crippen LogP contribution in [0.4, 0.5) is 19.7 Å². The molecule has 7 heteroatoms. The van der Waals surface area contributed by atoms with Crippen LogP contribution in [0.15, 0.2) is 48.5 Å². The molecule has 1 aliphatic rings. The maximum Gasteiger partial charge on any atom is 0.411 e. The van der Waals surface area contributed by atoms with Crippen molar-refractivity contribution in [3.8, 4) is 0 Å². The van der Waals surface area contributed by atoms with E-state index in [-0.39, 0.29) is 17.9 Å². The number of halogens is 1. The van der Waals surface area contributed by atoms with Crippen molar-refractivity contribution in [3.05, 3.63) is 65.5 Å². The van der Waals surface area contributed by atoms with E-state index < -0.39 is 6.09 Å². The minimum atomic E-state index is -0.534. The summed E-state index contributed by atoms with van der Waals surface area (Å²) < 4.78 is 18.0. The zero-order valence-electron chi connectivity index (χ0n) is 15.1. The first kappa shape index (κ1) is 18.7. The van der Waals surface area contributed by atoms with Gasteiger partial charge in [0.05, 0.1) is 13.2 Å². The van der Waals surface area contributed by atoms with Crippen LogP contribution in [-0.4, -0.2) is 30.7 Å². The first-order valence-corrected chi connectivity index (χ1v) is 8.80. The molecule has 1 heterocycles. The Hall–Kier alpha value is -3.09. The molecule has 0 bridgehead atoms. The molecule has 2 N–H and O–H groups in total. The molecule has 142 valence electrons. The Morgan fingerprint density at radius 2 is 2.00 bits per heavy atom. The number of carbonyl (C=O) groups excluding carboxylic acids is 2. The summed E-state index contributed by atoms with van der Waals surface area (Å²) in [7, 11) is 1.30. The highest BCUT2D eigenvalue weighted by atomic mass is 19.1. The number of benzene rings is 2. The number of nitrogens with one attached hydrogen (secondary N) is 2. The largest absolute Gasteiger partial charge is 0.453 e. The molecule has 0 saturated carbocycles. The molecule has 3 amide bonds. The Balaban J connectivity index is 1.57. The maximum atomic E-state index is 13.5. The molecule has 3 rings (SSSR count). The quantitative estimate of drug-likeness (QED) is 0.852. The van der Waals surface area contributed by atoms with Crippen LogP contribution >= 0.6 is 0 Å². The highest BCUT2D eigenvalue weighted by molar-refractivity contribution is 5.84. The molecule has 0 radical (unpaired) electrons. The Morgan fingerprint density at radius 3 is 2.70 bits per heavy atom. The fourth-order valence-corrected chi connectivity index (χ4v) is 3.22. The van der Waals surface area contributed by atoms with Crippen molar-refractivity contribution in [2.75, 3.05) is 19.0 Å². The summed E-state index contributed by atoms with van der Waals surface area (Å²) in [5.41, 5.74) is 2.34. The van der Waals surface area contributed by atoms with Crippen LogP contribution in [0.25, 0.3) is 0 Å². The molecule has 27 heavy (non-hydrogen) atoms. The molecule has 0 aliphatic carbocycles. The normalized spacial score (nSPS) is 16.1. The number of hydrogen-bond acceptors (Lipinski definition) is 3. The molecule has 0 aromatic heterocycles. The minimum Gasteiger partial charge on any atom is -0.453 e. The first-order valence-electron chi connectivity index (χ1n) is 8.80. The Bertz CT molecular complexity index is 810. The minimum absolute atomic E-state index is 0.104. The number of rotatable bonds is 4. The van der Waals surface area contributed by atoms with Gasteiger partial charge < -0.3 is 15.0 Å². The van der Waals surface area contributed by atoms with Crippen molar-refractivity contribution in [2.45, 2.75) is 25.4 Å². The van der Waals surface area contributed by atoms with Gasteiger partial charge in [-0.1, -0.05) is 24.3 Å². The lowest BCUT2D eigenvalue weighted by Crippen LogP contribution is -2.39. The third-order valence-electron chi connectivity index (χ3n) is 4.58. The highest BCUT2D eigenvalue weighted by Gasteiger charge is 2.29. The van der Waals surface area contributed by atoms with Gasteiger partial charge in [0, 0.05) is 18.8 Å². The fourth-order valence-electron chi connectivity index (χ4n) is 3.22. The van der Waals surface area contributed by atoms with Crippen molar-refractivity contribution in [1.82, 2.24) is 10.2 Å². The predicted octanol–water partition coefficient (Wildman–Crippen LogP) is 4.05. The molecule has 6 nitrogen and oxygen atoms in total. The number of nitrogens with zero attached hydrogens (tertiary/aromatic N) is 1. The lowest BCUT2D eigenvalue weighted by atomic mass is 10.0. The number of hydrogen-bond donors (Lipinski definition) is 2. The van der Waals surface area contributed by atoms with Crippen LogP contribution in [0.2, 0.25) is 0 Å². The van der Waals surface area contributed by atoms with Gasteiger partial charge in [0.25, 0.3) is 0 Å². The number of amides is 3. The Kier molecular flexibility index (Phi) is 5.90. The van der Waals surface area contributed by atoms with Gasteiger partial charge >= 0.3 is 12.1 Å². The van der Waals surface area contributed by atoms with Crippen molar-refractivity contribution >= 4 is 17.8 Å². The van der Waals surface area contributed by atoms with E-state index in [1.807, 2.05) is 18.2 Å². The van der Waals surface area contributed by atoms with Gasteiger partial charge in [-0.25, -0.2) is 14.0 Å². The average molecular weight is 371 g/mol. The van der Waals surface area contributed by atoms with Gasteiger partial charge in [0.1, 0.15) is 5.82 Å². The van der Waals surface area contributed by atoms with E-state index in [9.17, 15) is 14.0 Å². The second-order valence-electron chi connectivity index (χ2n) is 6.38. The molecular weight excluding hydrogens is 349 g/mol. The molecule has 1 atom stereocenters. The van der Waals surface area contributed by atoms with Gasteiger partial charge in [-0.05, 0) is 48.2 Å². The smallest absolute Gasteiger partial charge is 0.411 e. The molecule has 1 unspecified atom stereocenters. The SMILES string of the molecule is COC(=O)Nc1ccc(CNC(=O)N2CCCC2c2cccc(F)c2)cc1. The Morgan fingerprint density at radius 1 is 1.22 bits per heavy atom. The molecule has 1 aliphatic heterocycles. The summed E-state index contributed by atoms with van der Waals surface area (Å²) in [5.74, 6) is -0.291. The average Bonchev–Trinajstić information content (AvgIpc) is 3.17. The van der Waals surface area contributed by atoms with E-state index in [4.69, 9.17) is 0 Å². The zero-order chi connectivity index (χ0) is 19.2. The van der Waals surface area contributed by atoms with Crippen molar-refractivity contribution in [1.29, 1.82) is 0 Å². The summed E-state index contributed by atoms with van der Waals surface area (Å²) in [6.45, 7) is 1.01. The molecule has 1 saturated heterocycles. The van der Waals surface area contributed by atoms with Crippen molar-refractivity contribution in [2.24, 2.45) is 0 Å². The molecule has 0 spiro atoms. The molecule has 2 aromatic rings. The second kappa shape index (κ2) is 8.53.